The van der Waals surface area contributed by atoms with Crippen LogP contribution in [0.25, 0.3) is 0 Å². The Bertz CT molecular complexity index is 699. The minimum Gasteiger partial charge on any atom is -0.481 e. The van der Waals surface area contributed by atoms with Crippen molar-refractivity contribution in [2.45, 2.75) is 19.9 Å². The number of likely N-dealkylation sites (tertiary alicyclic amines) is 1. The summed E-state index contributed by atoms with van der Waals surface area (Å²) in [7, 11) is 0. The van der Waals surface area contributed by atoms with Crippen LogP contribution in [0.1, 0.15) is 17.5 Å². The van der Waals surface area contributed by atoms with Crippen LogP contribution >= 0.6 is 0 Å². The second-order valence-electron chi connectivity index (χ2n) is 6.12. The number of aryl methyl sites for hydroxylation is 1. The summed E-state index contributed by atoms with van der Waals surface area (Å²) in [5.41, 5.74) is 2.30. The molecule has 1 atom stereocenters. The molecular formula is C19H21NO3. The number of carbonyl (C=O) groups is 1. The van der Waals surface area contributed by atoms with Crippen LogP contribution in [0.5, 0.6) is 11.5 Å². The molecule has 1 heterocycles. The van der Waals surface area contributed by atoms with Gasteiger partial charge in [0.1, 0.15) is 11.5 Å². The number of benzene rings is 2. The van der Waals surface area contributed by atoms with E-state index in [1.165, 1.54) is 0 Å². The number of aliphatic carboxylic acids is 1. The van der Waals surface area contributed by atoms with Crippen LogP contribution in [0.15, 0.2) is 48.5 Å². The summed E-state index contributed by atoms with van der Waals surface area (Å²) in [5, 5.41) is 9.08. The Labute approximate surface area is 136 Å². The third-order valence-electron chi connectivity index (χ3n) is 4.15. The summed E-state index contributed by atoms with van der Waals surface area (Å²) in [4.78, 5) is 13.2. The average Bonchev–Trinajstić information content (AvgIpc) is 2.96. The molecule has 0 spiro atoms. The Hall–Kier alpha value is -2.33. The van der Waals surface area contributed by atoms with Gasteiger partial charge in [0.2, 0.25) is 0 Å². The molecule has 1 fully saturated rings. The van der Waals surface area contributed by atoms with Gasteiger partial charge in [-0.15, -0.1) is 0 Å². The molecule has 3 rings (SSSR count). The topological polar surface area (TPSA) is 49.8 Å². The van der Waals surface area contributed by atoms with Gasteiger partial charge in [-0.2, -0.15) is 0 Å². The number of nitrogens with zero attached hydrogens (tertiary/aromatic N) is 1. The van der Waals surface area contributed by atoms with Gasteiger partial charge in [0.05, 0.1) is 5.92 Å². The zero-order valence-electron chi connectivity index (χ0n) is 13.2. The molecule has 0 radical (unpaired) electrons. The van der Waals surface area contributed by atoms with Gasteiger partial charge in [-0.05, 0) is 55.3 Å². The van der Waals surface area contributed by atoms with Crippen molar-refractivity contribution in [3.05, 3.63) is 59.7 Å². The lowest BCUT2D eigenvalue weighted by Crippen LogP contribution is -2.22. The zero-order chi connectivity index (χ0) is 16.2. The third kappa shape index (κ3) is 4.11. The number of hydrogen-bond donors (Lipinski definition) is 1. The number of carboxylic acids is 1. The first-order valence-corrected chi connectivity index (χ1v) is 7.89. The molecule has 23 heavy (non-hydrogen) atoms. The summed E-state index contributed by atoms with van der Waals surface area (Å²) >= 11 is 0. The highest BCUT2D eigenvalue weighted by Crippen LogP contribution is 2.25. The first-order chi connectivity index (χ1) is 11.1. The van der Waals surface area contributed by atoms with E-state index >= 15 is 0 Å². The highest BCUT2D eigenvalue weighted by atomic mass is 16.5. The van der Waals surface area contributed by atoms with Crippen LogP contribution in [0, 0.1) is 12.8 Å². The van der Waals surface area contributed by atoms with E-state index < -0.39 is 5.97 Å². The van der Waals surface area contributed by atoms with Gasteiger partial charge < -0.3 is 9.84 Å². The summed E-state index contributed by atoms with van der Waals surface area (Å²) in [6, 6.07) is 16.0. The van der Waals surface area contributed by atoms with E-state index in [0.717, 1.165) is 42.1 Å². The molecule has 1 N–H and O–H groups in total. The quantitative estimate of drug-likeness (QED) is 0.915. The summed E-state index contributed by atoms with van der Waals surface area (Å²) < 4.78 is 5.91. The van der Waals surface area contributed by atoms with Gasteiger partial charge in [0, 0.05) is 13.1 Å². The van der Waals surface area contributed by atoms with Crippen LogP contribution in [0.4, 0.5) is 0 Å². The van der Waals surface area contributed by atoms with Gasteiger partial charge >= 0.3 is 5.97 Å². The first-order valence-electron chi connectivity index (χ1n) is 7.89. The van der Waals surface area contributed by atoms with E-state index in [9.17, 15) is 4.79 Å². The van der Waals surface area contributed by atoms with Crippen molar-refractivity contribution in [1.29, 1.82) is 0 Å². The molecule has 4 heteroatoms. The summed E-state index contributed by atoms with van der Waals surface area (Å²) in [6.45, 7) is 4.25. The van der Waals surface area contributed by atoms with Gasteiger partial charge in [-0.25, -0.2) is 0 Å². The number of hydrogen-bond acceptors (Lipinski definition) is 3. The van der Waals surface area contributed by atoms with Gasteiger partial charge in [-0.1, -0.05) is 24.3 Å². The Morgan fingerprint density at radius 2 is 1.96 bits per heavy atom. The second kappa shape index (κ2) is 6.84. The van der Waals surface area contributed by atoms with Crippen LogP contribution in [0.2, 0.25) is 0 Å². The minimum atomic E-state index is -0.691. The highest BCUT2D eigenvalue weighted by molar-refractivity contribution is 5.70. The van der Waals surface area contributed by atoms with Gasteiger partial charge in [0.25, 0.3) is 0 Å². The van der Waals surface area contributed by atoms with Crippen molar-refractivity contribution in [2.75, 3.05) is 13.1 Å². The molecule has 0 aromatic heterocycles. The molecule has 120 valence electrons. The SMILES string of the molecule is Cc1cccc(Oc2cccc(CN3CCC(C(=O)O)C3)c2)c1. The van der Waals surface area contributed by atoms with Crippen LogP contribution in [0.3, 0.4) is 0 Å². The summed E-state index contributed by atoms with van der Waals surface area (Å²) in [5.74, 6) is 0.710. The maximum Gasteiger partial charge on any atom is 0.307 e. The molecule has 1 aliphatic rings. The Balaban J connectivity index is 1.65. The molecule has 0 aliphatic carbocycles. The molecule has 2 aromatic carbocycles. The van der Waals surface area contributed by atoms with Crippen molar-refractivity contribution in [3.63, 3.8) is 0 Å². The standard InChI is InChI=1S/C19H21NO3/c1-14-4-2-6-17(10-14)23-18-7-3-5-15(11-18)12-20-9-8-16(13-20)19(21)22/h2-7,10-11,16H,8-9,12-13H2,1H3,(H,21,22). The van der Waals surface area contributed by atoms with Crippen molar-refractivity contribution < 1.29 is 14.6 Å². The van der Waals surface area contributed by atoms with E-state index in [0.29, 0.717) is 6.54 Å². The van der Waals surface area contributed by atoms with E-state index in [2.05, 4.69) is 11.0 Å². The van der Waals surface area contributed by atoms with Crippen molar-refractivity contribution >= 4 is 5.97 Å². The molecule has 0 bridgehead atoms. The lowest BCUT2D eigenvalue weighted by atomic mass is 10.1. The zero-order valence-corrected chi connectivity index (χ0v) is 13.2. The molecule has 1 unspecified atom stereocenters. The predicted molar refractivity (Wildman–Crippen MR) is 88.7 cm³/mol. The summed E-state index contributed by atoms with van der Waals surface area (Å²) in [6.07, 6.45) is 0.731. The minimum absolute atomic E-state index is 0.235. The van der Waals surface area contributed by atoms with Crippen LogP contribution in [-0.2, 0) is 11.3 Å². The normalized spacial score (nSPS) is 18.0. The monoisotopic (exact) mass is 311 g/mol. The lowest BCUT2D eigenvalue weighted by Gasteiger charge is -2.16. The van der Waals surface area contributed by atoms with E-state index in [-0.39, 0.29) is 5.92 Å². The van der Waals surface area contributed by atoms with Gasteiger partial charge in [-0.3, -0.25) is 9.69 Å². The molecule has 1 aliphatic heterocycles. The Morgan fingerprint density at radius 1 is 1.22 bits per heavy atom. The molecule has 0 saturated carbocycles. The molecule has 1 saturated heterocycles. The fraction of sp³-hybridized carbons (Fsp3) is 0.316. The average molecular weight is 311 g/mol. The predicted octanol–water partition coefficient (Wildman–Crippen LogP) is 3.69. The number of carboxylic acid groups (broad SMARTS) is 1. The maximum atomic E-state index is 11.0. The molecule has 0 amide bonds. The van der Waals surface area contributed by atoms with Crippen LogP contribution in [-0.4, -0.2) is 29.1 Å². The Kier molecular flexibility index (Phi) is 4.63. The fourth-order valence-corrected chi connectivity index (χ4v) is 2.96. The van der Waals surface area contributed by atoms with Crippen molar-refractivity contribution in [3.8, 4) is 11.5 Å². The van der Waals surface area contributed by atoms with Crippen molar-refractivity contribution in [1.82, 2.24) is 4.90 Å². The van der Waals surface area contributed by atoms with Gasteiger partial charge in [0.15, 0.2) is 0 Å². The van der Waals surface area contributed by atoms with Crippen molar-refractivity contribution in [2.24, 2.45) is 5.92 Å². The maximum absolute atomic E-state index is 11.0. The molecule has 2 aromatic rings. The number of ether oxygens (including phenoxy) is 1. The number of rotatable bonds is 5. The molecule has 4 nitrogen and oxygen atoms in total. The lowest BCUT2D eigenvalue weighted by molar-refractivity contribution is -0.141. The van der Waals surface area contributed by atoms with Crippen LogP contribution < -0.4 is 4.74 Å². The third-order valence-corrected chi connectivity index (χ3v) is 4.15. The van der Waals surface area contributed by atoms with E-state index in [1.54, 1.807) is 0 Å². The molecular weight excluding hydrogens is 290 g/mol. The first kappa shape index (κ1) is 15.6. The smallest absolute Gasteiger partial charge is 0.307 e. The van der Waals surface area contributed by atoms with E-state index in [1.807, 2.05) is 49.4 Å². The largest absolute Gasteiger partial charge is 0.481 e. The Morgan fingerprint density at radius 3 is 2.65 bits per heavy atom. The second-order valence-corrected chi connectivity index (χ2v) is 6.12. The highest BCUT2D eigenvalue weighted by Gasteiger charge is 2.27. The van der Waals surface area contributed by atoms with E-state index in [4.69, 9.17) is 9.84 Å². The fourth-order valence-electron chi connectivity index (χ4n) is 2.96.